The fourth-order valence-electron chi connectivity index (χ4n) is 2.42. The number of thiazole rings is 1. The summed E-state index contributed by atoms with van der Waals surface area (Å²) in [7, 11) is 0. The molecule has 1 saturated heterocycles. The van der Waals surface area contributed by atoms with Crippen LogP contribution in [0.5, 0.6) is 0 Å². The van der Waals surface area contributed by atoms with E-state index >= 15 is 0 Å². The van der Waals surface area contributed by atoms with E-state index in [-0.39, 0.29) is 6.10 Å². The van der Waals surface area contributed by atoms with Gasteiger partial charge in [0.05, 0.1) is 13.2 Å². The Balaban J connectivity index is 1.40. The van der Waals surface area contributed by atoms with Gasteiger partial charge in [-0.05, 0) is 12.8 Å². The highest BCUT2D eigenvalue weighted by Crippen LogP contribution is 2.38. The molecule has 0 radical (unpaired) electrons. The van der Waals surface area contributed by atoms with Crippen LogP contribution in [0.25, 0.3) is 0 Å². The minimum Gasteiger partial charge on any atom is -0.368 e. The van der Waals surface area contributed by atoms with Gasteiger partial charge in [0.15, 0.2) is 5.82 Å². The first-order valence-electron chi connectivity index (χ1n) is 6.94. The zero-order valence-corrected chi connectivity index (χ0v) is 11.9. The molecular formula is C13H16N4O2S. The summed E-state index contributed by atoms with van der Waals surface area (Å²) < 4.78 is 11.1. The van der Waals surface area contributed by atoms with E-state index in [4.69, 9.17) is 9.26 Å². The van der Waals surface area contributed by atoms with Crippen molar-refractivity contribution in [2.45, 2.75) is 31.4 Å². The molecule has 106 valence electrons. The molecular weight excluding hydrogens is 276 g/mol. The number of nitrogens with zero attached hydrogens (tertiary/aromatic N) is 4. The van der Waals surface area contributed by atoms with Crippen LogP contribution in [0.1, 0.15) is 41.6 Å². The lowest BCUT2D eigenvalue weighted by atomic mass is 10.3. The SMILES string of the molecule is c1csc(C2CN(Cc3nc(C4CC4)no3)CCO2)n1. The van der Waals surface area contributed by atoms with Gasteiger partial charge in [-0.15, -0.1) is 11.3 Å². The average molecular weight is 292 g/mol. The van der Waals surface area contributed by atoms with Gasteiger partial charge in [0.1, 0.15) is 11.1 Å². The summed E-state index contributed by atoms with van der Waals surface area (Å²) in [5, 5.41) is 7.08. The zero-order chi connectivity index (χ0) is 13.4. The van der Waals surface area contributed by atoms with Crippen molar-refractivity contribution >= 4 is 11.3 Å². The Bertz CT molecular complexity index is 567. The second kappa shape index (κ2) is 5.23. The third-order valence-corrected chi connectivity index (χ3v) is 4.53. The Labute approximate surface area is 120 Å². The first-order valence-corrected chi connectivity index (χ1v) is 7.82. The molecule has 2 aliphatic rings. The maximum absolute atomic E-state index is 5.78. The van der Waals surface area contributed by atoms with Crippen LogP contribution in [0.4, 0.5) is 0 Å². The average Bonchev–Trinajstić information content (AvgIpc) is 3.00. The highest BCUT2D eigenvalue weighted by Gasteiger charge is 2.30. The maximum atomic E-state index is 5.78. The molecule has 1 aliphatic heterocycles. The van der Waals surface area contributed by atoms with Crippen LogP contribution in [0, 0.1) is 0 Å². The van der Waals surface area contributed by atoms with Crippen LogP contribution in [-0.2, 0) is 11.3 Å². The maximum Gasteiger partial charge on any atom is 0.240 e. The first-order chi connectivity index (χ1) is 9.88. The normalized spacial score (nSPS) is 24.1. The molecule has 0 amide bonds. The third kappa shape index (κ3) is 2.61. The van der Waals surface area contributed by atoms with Crippen molar-refractivity contribution in [1.82, 2.24) is 20.0 Å². The lowest BCUT2D eigenvalue weighted by molar-refractivity contribution is -0.0356. The molecule has 2 aromatic heterocycles. The highest BCUT2D eigenvalue weighted by atomic mass is 32.1. The van der Waals surface area contributed by atoms with Gasteiger partial charge in [-0.1, -0.05) is 5.16 Å². The summed E-state index contributed by atoms with van der Waals surface area (Å²) in [5.41, 5.74) is 0. The predicted molar refractivity (Wildman–Crippen MR) is 72.4 cm³/mol. The number of ether oxygens (including phenoxy) is 1. The van der Waals surface area contributed by atoms with Crippen LogP contribution >= 0.6 is 11.3 Å². The molecule has 0 aromatic carbocycles. The topological polar surface area (TPSA) is 64.3 Å². The van der Waals surface area contributed by atoms with Gasteiger partial charge in [0.2, 0.25) is 5.89 Å². The lowest BCUT2D eigenvalue weighted by Gasteiger charge is -2.30. The van der Waals surface area contributed by atoms with E-state index in [1.807, 2.05) is 11.6 Å². The molecule has 1 atom stereocenters. The number of morpholine rings is 1. The van der Waals surface area contributed by atoms with Crippen molar-refractivity contribution in [1.29, 1.82) is 0 Å². The Kier molecular flexibility index (Phi) is 3.25. The molecule has 0 N–H and O–H groups in total. The van der Waals surface area contributed by atoms with Crippen molar-refractivity contribution in [3.05, 3.63) is 28.3 Å². The Morgan fingerprint density at radius 2 is 2.35 bits per heavy atom. The van der Waals surface area contributed by atoms with Gasteiger partial charge in [-0.25, -0.2) is 4.98 Å². The molecule has 6 nitrogen and oxygen atoms in total. The fourth-order valence-corrected chi connectivity index (χ4v) is 3.10. The van der Waals surface area contributed by atoms with Gasteiger partial charge in [0.25, 0.3) is 0 Å². The molecule has 0 bridgehead atoms. The molecule has 3 heterocycles. The van der Waals surface area contributed by atoms with Crippen molar-refractivity contribution < 1.29 is 9.26 Å². The molecule has 4 rings (SSSR count). The van der Waals surface area contributed by atoms with Crippen LogP contribution in [0.2, 0.25) is 0 Å². The molecule has 1 aliphatic carbocycles. The Hall–Kier alpha value is -1.31. The quantitative estimate of drug-likeness (QED) is 0.858. The minimum absolute atomic E-state index is 0.0644. The van der Waals surface area contributed by atoms with Gasteiger partial charge in [-0.2, -0.15) is 4.98 Å². The Morgan fingerprint density at radius 1 is 1.40 bits per heavy atom. The molecule has 20 heavy (non-hydrogen) atoms. The lowest BCUT2D eigenvalue weighted by Crippen LogP contribution is -2.37. The Morgan fingerprint density at radius 3 is 3.15 bits per heavy atom. The molecule has 7 heteroatoms. The third-order valence-electron chi connectivity index (χ3n) is 3.66. The summed E-state index contributed by atoms with van der Waals surface area (Å²) in [4.78, 5) is 11.1. The van der Waals surface area contributed by atoms with Gasteiger partial charge >= 0.3 is 0 Å². The monoisotopic (exact) mass is 292 g/mol. The minimum atomic E-state index is 0.0644. The standard InChI is InChI=1S/C13H16N4O2S/c1-2-9(1)12-15-11(19-16-12)8-17-4-5-18-10(7-17)13-14-3-6-20-13/h3,6,9-10H,1-2,4-5,7-8H2. The smallest absolute Gasteiger partial charge is 0.240 e. The summed E-state index contributed by atoms with van der Waals surface area (Å²) >= 11 is 1.64. The number of aromatic nitrogens is 3. The van der Waals surface area contributed by atoms with Crippen molar-refractivity contribution in [3.8, 4) is 0 Å². The number of hydrogen-bond donors (Lipinski definition) is 0. The van der Waals surface area contributed by atoms with Gasteiger partial charge in [0, 0.05) is 30.6 Å². The molecule has 2 aromatic rings. The summed E-state index contributed by atoms with van der Waals surface area (Å²) in [6.45, 7) is 3.14. The molecule has 1 unspecified atom stereocenters. The summed E-state index contributed by atoms with van der Waals surface area (Å²) in [6, 6.07) is 0. The van der Waals surface area contributed by atoms with E-state index in [0.29, 0.717) is 25.0 Å². The molecule has 0 spiro atoms. The molecule has 1 saturated carbocycles. The van der Waals surface area contributed by atoms with E-state index in [0.717, 1.165) is 23.9 Å². The largest absolute Gasteiger partial charge is 0.368 e. The second-order valence-corrected chi connectivity index (χ2v) is 6.21. The van der Waals surface area contributed by atoms with E-state index in [1.54, 1.807) is 11.3 Å². The van der Waals surface area contributed by atoms with Gasteiger partial charge < -0.3 is 9.26 Å². The van der Waals surface area contributed by atoms with Crippen LogP contribution in [0.3, 0.4) is 0 Å². The van der Waals surface area contributed by atoms with E-state index in [1.165, 1.54) is 12.8 Å². The predicted octanol–water partition coefficient (Wildman–Crippen LogP) is 1.98. The summed E-state index contributed by atoms with van der Waals surface area (Å²) in [6.07, 6.45) is 4.28. The van der Waals surface area contributed by atoms with E-state index in [9.17, 15) is 0 Å². The van der Waals surface area contributed by atoms with Crippen LogP contribution < -0.4 is 0 Å². The highest BCUT2D eigenvalue weighted by molar-refractivity contribution is 7.09. The second-order valence-electron chi connectivity index (χ2n) is 5.29. The molecule has 2 fully saturated rings. The van der Waals surface area contributed by atoms with E-state index < -0.39 is 0 Å². The number of rotatable bonds is 4. The summed E-state index contributed by atoms with van der Waals surface area (Å²) in [5.74, 6) is 2.14. The number of hydrogen-bond acceptors (Lipinski definition) is 7. The van der Waals surface area contributed by atoms with Crippen LogP contribution in [0.15, 0.2) is 16.1 Å². The first kappa shape index (κ1) is 12.4. The van der Waals surface area contributed by atoms with Gasteiger partial charge in [-0.3, -0.25) is 4.90 Å². The fraction of sp³-hybridized carbons (Fsp3) is 0.615. The van der Waals surface area contributed by atoms with Crippen molar-refractivity contribution in [2.75, 3.05) is 19.7 Å². The van der Waals surface area contributed by atoms with E-state index in [2.05, 4.69) is 20.0 Å². The van der Waals surface area contributed by atoms with Crippen LogP contribution in [-0.4, -0.2) is 39.7 Å². The zero-order valence-electron chi connectivity index (χ0n) is 11.1. The van der Waals surface area contributed by atoms with Crippen molar-refractivity contribution in [2.24, 2.45) is 0 Å². The van der Waals surface area contributed by atoms with Crippen molar-refractivity contribution in [3.63, 3.8) is 0 Å².